The number of ketones is 1. The minimum Gasteiger partial charge on any atom is -0.367 e. The van der Waals surface area contributed by atoms with Crippen molar-refractivity contribution >= 4 is 27.4 Å². The molecule has 0 fully saturated rings. The SMILES string of the molecule is C=CCN(CCC)c1cc(Br)ccc1C(C)=O. The van der Waals surface area contributed by atoms with Gasteiger partial charge in [0.15, 0.2) is 5.78 Å². The Bertz CT molecular complexity index is 415. The van der Waals surface area contributed by atoms with Crippen molar-refractivity contribution in [2.45, 2.75) is 20.3 Å². The molecule has 0 spiro atoms. The first-order chi connectivity index (χ1) is 8.10. The topological polar surface area (TPSA) is 20.3 Å². The fourth-order valence-corrected chi connectivity index (χ4v) is 2.15. The molecule has 0 aliphatic heterocycles. The minimum absolute atomic E-state index is 0.0951. The van der Waals surface area contributed by atoms with Crippen molar-refractivity contribution in [3.05, 3.63) is 40.9 Å². The second kappa shape index (κ2) is 6.60. The molecule has 0 unspecified atom stereocenters. The molecular weight excluding hydrogens is 278 g/mol. The van der Waals surface area contributed by atoms with Crippen molar-refractivity contribution < 1.29 is 4.79 Å². The van der Waals surface area contributed by atoms with Gasteiger partial charge in [-0.2, -0.15) is 0 Å². The molecule has 0 bridgehead atoms. The van der Waals surface area contributed by atoms with Crippen LogP contribution in [-0.2, 0) is 0 Å². The molecule has 0 aliphatic rings. The molecule has 1 rings (SSSR count). The van der Waals surface area contributed by atoms with Gasteiger partial charge in [0.1, 0.15) is 0 Å². The van der Waals surface area contributed by atoms with E-state index in [0.717, 1.165) is 35.2 Å². The van der Waals surface area contributed by atoms with Gasteiger partial charge >= 0.3 is 0 Å². The number of carbonyl (C=O) groups is 1. The zero-order chi connectivity index (χ0) is 12.8. The Morgan fingerprint density at radius 1 is 1.53 bits per heavy atom. The molecular formula is C14H18BrNO. The lowest BCUT2D eigenvalue weighted by atomic mass is 10.1. The monoisotopic (exact) mass is 295 g/mol. The van der Waals surface area contributed by atoms with Crippen LogP contribution in [-0.4, -0.2) is 18.9 Å². The van der Waals surface area contributed by atoms with E-state index in [1.807, 2.05) is 24.3 Å². The van der Waals surface area contributed by atoms with Gasteiger partial charge in [-0.3, -0.25) is 4.79 Å². The second-order valence-electron chi connectivity index (χ2n) is 3.95. The van der Waals surface area contributed by atoms with Crippen LogP contribution in [0, 0.1) is 0 Å². The summed E-state index contributed by atoms with van der Waals surface area (Å²) < 4.78 is 0.989. The van der Waals surface area contributed by atoms with Crippen molar-refractivity contribution in [2.75, 3.05) is 18.0 Å². The van der Waals surface area contributed by atoms with E-state index >= 15 is 0 Å². The van der Waals surface area contributed by atoms with Gasteiger partial charge < -0.3 is 4.90 Å². The highest BCUT2D eigenvalue weighted by Crippen LogP contribution is 2.26. The van der Waals surface area contributed by atoms with E-state index in [4.69, 9.17) is 0 Å². The molecule has 0 amide bonds. The summed E-state index contributed by atoms with van der Waals surface area (Å²) in [6, 6.07) is 5.77. The van der Waals surface area contributed by atoms with Crippen LogP contribution in [0.3, 0.4) is 0 Å². The smallest absolute Gasteiger partial charge is 0.161 e. The quantitative estimate of drug-likeness (QED) is 0.583. The molecule has 17 heavy (non-hydrogen) atoms. The third kappa shape index (κ3) is 3.70. The Labute approximate surface area is 111 Å². The standard InChI is InChI=1S/C14H18BrNO/c1-4-8-16(9-5-2)14-10-12(15)6-7-13(14)11(3)17/h4,6-7,10H,1,5,8-9H2,2-3H3. The number of carbonyl (C=O) groups excluding carboxylic acids is 1. The van der Waals surface area contributed by atoms with Crippen molar-refractivity contribution in [1.29, 1.82) is 0 Å². The molecule has 0 heterocycles. The number of rotatable bonds is 6. The minimum atomic E-state index is 0.0951. The van der Waals surface area contributed by atoms with Crippen LogP contribution in [0.5, 0.6) is 0 Å². The highest BCUT2D eigenvalue weighted by atomic mass is 79.9. The van der Waals surface area contributed by atoms with E-state index in [0.29, 0.717) is 0 Å². The highest BCUT2D eigenvalue weighted by Gasteiger charge is 2.13. The van der Waals surface area contributed by atoms with Crippen LogP contribution in [0.2, 0.25) is 0 Å². The van der Waals surface area contributed by atoms with Crippen LogP contribution in [0.25, 0.3) is 0 Å². The molecule has 0 radical (unpaired) electrons. The van der Waals surface area contributed by atoms with Gasteiger partial charge in [-0.1, -0.05) is 28.9 Å². The average molecular weight is 296 g/mol. The Balaban J connectivity index is 3.18. The summed E-state index contributed by atoms with van der Waals surface area (Å²) in [4.78, 5) is 13.8. The van der Waals surface area contributed by atoms with Gasteiger partial charge in [-0.05, 0) is 31.5 Å². The fraction of sp³-hybridized carbons (Fsp3) is 0.357. The first-order valence-electron chi connectivity index (χ1n) is 5.76. The summed E-state index contributed by atoms with van der Waals surface area (Å²) in [6.45, 7) is 9.17. The predicted octanol–water partition coefficient (Wildman–Crippen LogP) is 4.05. The number of nitrogens with zero attached hydrogens (tertiary/aromatic N) is 1. The zero-order valence-corrected chi connectivity index (χ0v) is 12.0. The van der Waals surface area contributed by atoms with Gasteiger partial charge in [0, 0.05) is 28.8 Å². The molecule has 0 aromatic heterocycles. The highest BCUT2D eigenvalue weighted by molar-refractivity contribution is 9.10. The number of Topliss-reactive ketones (excluding diaryl/α,β-unsaturated/α-hetero) is 1. The summed E-state index contributed by atoms with van der Waals surface area (Å²) in [5, 5.41) is 0. The van der Waals surface area contributed by atoms with E-state index in [2.05, 4.69) is 34.3 Å². The first kappa shape index (κ1) is 14.0. The van der Waals surface area contributed by atoms with Crippen LogP contribution in [0.15, 0.2) is 35.3 Å². The van der Waals surface area contributed by atoms with Gasteiger partial charge in [-0.15, -0.1) is 6.58 Å². The second-order valence-corrected chi connectivity index (χ2v) is 4.87. The molecule has 0 saturated carbocycles. The number of halogens is 1. The molecule has 1 aromatic rings. The molecule has 92 valence electrons. The van der Waals surface area contributed by atoms with Crippen LogP contribution in [0.4, 0.5) is 5.69 Å². The lowest BCUT2D eigenvalue weighted by Crippen LogP contribution is -2.25. The fourth-order valence-electron chi connectivity index (χ4n) is 1.80. The summed E-state index contributed by atoms with van der Waals surface area (Å²) >= 11 is 3.45. The normalized spacial score (nSPS) is 10.1. The number of benzene rings is 1. The Morgan fingerprint density at radius 3 is 2.76 bits per heavy atom. The summed E-state index contributed by atoms with van der Waals surface area (Å²) in [5.74, 6) is 0.0951. The molecule has 0 atom stereocenters. The predicted molar refractivity (Wildman–Crippen MR) is 76.8 cm³/mol. The van der Waals surface area contributed by atoms with E-state index < -0.39 is 0 Å². The zero-order valence-electron chi connectivity index (χ0n) is 10.4. The maximum atomic E-state index is 11.6. The molecule has 3 heteroatoms. The molecule has 0 aliphatic carbocycles. The summed E-state index contributed by atoms with van der Waals surface area (Å²) in [7, 11) is 0. The molecule has 0 saturated heterocycles. The van der Waals surface area contributed by atoms with Gasteiger partial charge in [-0.25, -0.2) is 0 Å². The third-order valence-electron chi connectivity index (χ3n) is 2.52. The Kier molecular flexibility index (Phi) is 5.42. The molecule has 0 N–H and O–H groups in total. The number of hydrogen-bond donors (Lipinski definition) is 0. The molecule has 2 nitrogen and oxygen atoms in total. The van der Waals surface area contributed by atoms with Crippen LogP contribution < -0.4 is 4.90 Å². The lowest BCUT2D eigenvalue weighted by molar-refractivity contribution is 0.101. The van der Waals surface area contributed by atoms with Gasteiger partial charge in [0.25, 0.3) is 0 Å². The maximum Gasteiger partial charge on any atom is 0.161 e. The van der Waals surface area contributed by atoms with Crippen molar-refractivity contribution in [2.24, 2.45) is 0 Å². The van der Waals surface area contributed by atoms with Crippen molar-refractivity contribution in [1.82, 2.24) is 0 Å². The largest absolute Gasteiger partial charge is 0.367 e. The van der Waals surface area contributed by atoms with Crippen molar-refractivity contribution in [3.63, 3.8) is 0 Å². The van der Waals surface area contributed by atoms with Crippen LogP contribution >= 0.6 is 15.9 Å². The Morgan fingerprint density at radius 2 is 2.24 bits per heavy atom. The van der Waals surface area contributed by atoms with Crippen molar-refractivity contribution in [3.8, 4) is 0 Å². The van der Waals surface area contributed by atoms with Crippen LogP contribution in [0.1, 0.15) is 30.6 Å². The summed E-state index contributed by atoms with van der Waals surface area (Å²) in [5.41, 5.74) is 1.75. The first-order valence-corrected chi connectivity index (χ1v) is 6.55. The average Bonchev–Trinajstić information content (AvgIpc) is 2.28. The van der Waals surface area contributed by atoms with E-state index in [-0.39, 0.29) is 5.78 Å². The van der Waals surface area contributed by atoms with Gasteiger partial charge in [0.05, 0.1) is 0 Å². The van der Waals surface area contributed by atoms with E-state index in [9.17, 15) is 4.79 Å². The van der Waals surface area contributed by atoms with E-state index in [1.165, 1.54) is 0 Å². The lowest BCUT2D eigenvalue weighted by Gasteiger charge is -2.25. The van der Waals surface area contributed by atoms with E-state index in [1.54, 1.807) is 6.92 Å². The van der Waals surface area contributed by atoms with Gasteiger partial charge in [0.2, 0.25) is 0 Å². The molecule has 1 aromatic carbocycles. The maximum absolute atomic E-state index is 11.6. The Hall–Kier alpha value is -1.09. The number of hydrogen-bond acceptors (Lipinski definition) is 2. The summed E-state index contributed by atoms with van der Waals surface area (Å²) in [6.07, 6.45) is 2.90. The number of anilines is 1. The third-order valence-corrected chi connectivity index (χ3v) is 3.02.